The van der Waals surface area contributed by atoms with Gasteiger partial charge in [-0.05, 0) is 23.6 Å². The highest BCUT2D eigenvalue weighted by Crippen LogP contribution is 2.05. The van der Waals surface area contributed by atoms with Crippen LogP contribution in [0, 0.1) is 0 Å². The van der Waals surface area contributed by atoms with E-state index < -0.39 is 0 Å². The van der Waals surface area contributed by atoms with Crippen LogP contribution in [0.1, 0.15) is 30.9 Å². The minimum Gasteiger partial charge on any atom is -0.463 e. The van der Waals surface area contributed by atoms with Gasteiger partial charge in [-0.25, -0.2) is 4.79 Å². The molecule has 0 atom stereocenters. The van der Waals surface area contributed by atoms with Crippen LogP contribution in [0.3, 0.4) is 0 Å². The quantitative estimate of drug-likeness (QED) is 0.466. The first kappa shape index (κ1) is 13.5. The van der Waals surface area contributed by atoms with Gasteiger partial charge in [-0.1, -0.05) is 37.6 Å². The third kappa shape index (κ3) is 5.31. The molecule has 1 rings (SSSR count). The largest absolute Gasteiger partial charge is 0.463 e. The van der Waals surface area contributed by atoms with Crippen LogP contribution < -0.4 is 5.73 Å². The highest BCUT2D eigenvalue weighted by molar-refractivity contribution is 5.87. The standard InChI is InChI=1S/C14H19NO2/c1-2-3-10-17-14(16)9-8-12-4-6-13(11-15)7-5-12/h4-9H,2-3,10-11,15H2,1H3. The lowest BCUT2D eigenvalue weighted by molar-refractivity contribution is -0.137. The third-order valence-corrected chi connectivity index (χ3v) is 2.37. The van der Waals surface area contributed by atoms with Gasteiger partial charge >= 0.3 is 5.97 Å². The van der Waals surface area contributed by atoms with Crippen molar-refractivity contribution >= 4 is 12.0 Å². The maximum absolute atomic E-state index is 11.3. The van der Waals surface area contributed by atoms with Gasteiger partial charge in [0.1, 0.15) is 0 Å². The Morgan fingerprint density at radius 2 is 2.06 bits per heavy atom. The Labute approximate surface area is 102 Å². The summed E-state index contributed by atoms with van der Waals surface area (Å²) in [6, 6.07) is 7.75. The van der Waals surface area contributed by atoms with Gasteiger partial charge in [0.2, 0.25) is 0 Å². The number of hydrogen-bond acceptors (Lipinski definition) is 3. The van der Waals surface area contributed by atoms with Gasteiger partial charge < -0.3 is 10.5 Å². The lowest BCUT2D eigenvalue weighted by Crippen LogP contribution is -2.01. The molecule has 0 spiro atoms. The molecule has 0 fully saturated rings. The molecule has 0 amide bonds. The molecule has 0 saturated heterocycles. The summed E-state index contributed by atoms with van der Waals surface area (Å²) >= 11 is 0. The van der Waals surface area contributed by atoms with E-state index in [1.54, 1.807) is 6.08 Å². The summed E-state index contributed by atoms with van der Waals surface area (Å²) in [7, 11) is 0. The van der Waals surface area contributed by atoms with Crippen molar-refractivity contribution in [2.24, 2.45) is 5.73 Å². The van der Waals surface area contributed by atoms with E-state index in [1.165, 1.54) is 6.08 Å². The second kappa shape index (κ2) is 7.63. The van der Waals surface area contributed by atoms with Crippen LogP contribution in [-0.4, -0.2) is 12.6 Å². The zero-order valence-electron chi connectivity index (χ0n) is 10.2. The minimum atomic E-state index is -0.290. The molecule has 0 aliphatic rings. The number of hydrogen-bond donors (Lipinski definition) is 1. The fourth-order valence-corrected chi connectivity index (χ4v) is 1.29. The predicted octanol–water partition coefficient (Wildman–Crippen LogP) is 2.50. The van der Waals surface area contributed by atoms with Crippen molar-refractivity contribution in [2.75, 3.05) is 6.61 Å². The topological polar surface area (TPSA) is 52.3 Å². The van der Waals surface area contributed by atoms with Crippen molar-refractivity contribution in [1.82, 2.24) is 0 Å². The van der Waals surface area contributed by atoms with Gasteiger partial charge in [-0.2, -0.15) is 0 Å². The van der Waals surface area contributed by atoms with E-state index in [1.807, 2.05) is 24.3 Å². The summed E-state index contributed by atoms with van der Waals surface area (Å²) in [4.78, 5) is 11.3. The molecular weight excluding hydrogens is 214 g/mol. The molecule has 1 aromatic carbocycles. The summed E-state index contributed by atoms with van der Waals surface area (Å²) in [6.45, 7) is 3.08. The first-order valence-corrected chi connectivity index (χ1v) is 5.90. The van der Waals surface area contributed by atoms with E-state index in [-0.39, 0.29) is 5.97 Å². The van der Waals surface area contributed by atoms with E-state index in [2.05, 4.69) is 6.92 Å². The molecule has 92 valence electrons. The molecule has 0 aliphatic carbocycles. The third-order valence-electron chi connectivity index (χ3n) is 2.37. The smallest absolute Gasteiger partial charge is 0.330 e. The molecule has 0 unspecified atom stereocenters. The Hall–Kier alpha value is -1.61. The molecule has 0 saturated carbocycles. The van der Waals surface area contributed by atoms with E-state index in [0.717, 1.165) is 24.0 Å². The lowest BCUT2D eigenvalue weighted by Gasteiger charge is -1.99. The first-order valence-electron chi connectivity index (χ1n) is 5.90. The number of esters is 1. The van der Waals surface area contributed by atoms with E-state index in [4.69, 9.17) is 10.5 Å². The number of carbonyl (C=O) groups excluding carboxylic acids is 1. The van der Waals surface area contributed by atoms with Crippen molar-refractivity contribution in [3.63, 3.8) is 0 Å². The van der Waals surface area contributed by atoms with Gasteiger partial charge in [0.05, 0.1) is 6.61 Å². The Kier molecular flexibility index (Phi) is 6.04. The van der Waals surface area contributed by atoms with Crippen molar-refractivity contribution in [3.8, 4) is 0 Å². The summed E-state index contributed by atoms with van der Waals surface area (Å²) in [5, 5.41) is 0. The second-order valence-electron chi connectivity index (χ2n) is 3.80. The van der Waals surface area contributed by atoms with Crippen molar-refractivity contribution in [2.45, 2.75) is 26.3 Å². The first-order chi connectivity index (χ1) is 8.26. The maximum atomic E-state index is 11.3. The average molecular weight is 233 g/mol. The number of carbonyl (C=O) groups is 1. The summed E-state index contributed by atoms with van der Waals surface area (Å²) < 4.78 is 5.00. The molecule has 1 aromatic rings. The molecule has 0 bridgehead atoms. The normalized spacial score (nSPS) is 10.7. The Morgan fingerprint density at radius 1 is 1.35 bits per heavy atom. The monoisotopic (exact) mass is 233 g/mol. The van der Waals surface area contributed by atoms with E-state index in [0.29, 0.717) is 13.2 Å². The fourth-order valence-electron chi connectivity index (χ4n) is 1.29. The summed E-state index contributed by atoms with van der Waals surface area (Å²) in [5.41, 5.74) is 7.54. The predicted molar refractivity (Wildman–Crippen MR) is 69.2 cm³/mol. The van der Waals surface area contributed by atoms with Crippen molar-refractivity contribution < 1.29 is 9.53 Å². The highest BCUT2D eigenvalue weighted by Gasteiger charge is 1.96. The zero-order chi connectivity index (χ0) is 12.5. The maximum Gasteiger partial charge on any atom is 0.330 e. The minimum absolute atomic E-state index is 0.290. The highest BCUT2D eigenvalue weighted by atomic mass is 16.5. The molecule has 0 aliphatic heterocycles. The SMILES string of the molecule is CCCCOC(=O)C=Cc1ccc(CN)cc1. The van der Waals surface area contributed by atoms with Crippen LogP contribution in [0.5, 0.6) is 0 Å². The van der Waals surface area contributed by atoms with Crippen LogP contribution in [0.2, 0.25) is 0 Å². The number of unbranched alkanes of at least 4 members (excludes halogenated alkanes) is 1. The van der Waals surface area contributed by atoms with Crippen molar-refractivity contribution in [1.29, 1.82) is 0 Å². The Bertz CT molecular complexity index is 368. The summed E-state index contributed by atoms with van der Waals surface area (Å²) in [5.74, 6) is -0.290. The number of rotatable bonds is 6. The van der Waals surface area contributed by atoms with Crippen LogP contribution in [0.15, 0.2) is 30.3 Å². The van der Waals surface area contributed by atoms with E-state index >= 15 is 0 Å². The van der Waals surface area contributed by atoms with Crippen LogP contribution in [0.25, 0.3) is 6.08 Å². The van der Waals surface area contributed by atoms with Crippen LogP contribution in [-0.2, 0) is 16.1 Å². The molecule has 0 radical (unpaired) electrons. The van der Waals surface area contributed by atoms with Gasteiger partial charge in [0.15, 0.2) is 0 Å². The number of benzene rings is 1. The lowest BCUT2D eigenvalue weighted by atomic mass is 10.1. The number of ether oxygens (including phenoxy) is 1. The second-order valence-corrected chi connectivity index (χ2v) is 3.80. The Morgan fingerprint density at radius 3 is 2.65 bits per heavy atom. The molecule has 17 heavy (non-hydrogen) atoms. The average Bonchev–Trinajstić information content (AvgIpc) is 2.37. The van der Waals surface area contributed by atoms with Gasteiger partial charge in [0.25, 0.3) is 0 Å². The summed E-state index contributed by atoms with van der Waals surface area (Å²) in [6.07, 6.45) is 5.13. The number of nitrogens with two attached hydrogens (primary N) is 1. The molecule has 3 nitrogen and oxygen atoms in total. The fraction of sp³-hybridized carbons (Fsp3) is 0.357. The van der Waals surface area contributed by atoms with Crippen LogP contribution in [0.4, 0.5) is 0 Å². The molecule has 0 heterocycles. The molecule has 0 aromatic heterocycles. The van der Waals surface area contributed by atoms with Gasteiger partial charge in [-0.15, -0.1) is 0 Å². The van der Waals surface area contributed by atoms with Gasteiger partial charge in [0, 0.05) is 12.6 Å². The van der Waals surface area contributed by atoms with Crippen LogP contribution >= 0.6 is 0 Å². The van der Waals surface area contributed by atoms with Gasteiger partial charge in [-0.3, -0.25) is 0 Å². The van der Waals surface area contributed by atoms with E-state index in [9.17, 15) is 4.79 Å². The zero-order valence-corrected chi connectivity index (χ0v) is 10.2. The molecule has 3 heteroatoms. The Balaban J connectivity index is 2.43. The van der Waals surface area contributed by atoms with Crippen molar-refractivity contribution in [3.05, 3.63) is 41.5 Å². The molecule has 2 N–H and O–H groups in total. The molecular formula is C14H19NO2.